The molecule has 0 atom stereocenters. The zero-order chi connectivity index (χ0) is 25.3. The largest absolute Gasteiger partial charge is 0.497 e. The number of furan rings is 1. The second-order valence-electron chi connectivity index (χ2n) is 7.61. The summed E-state index contributed by atoms with van der Waals surface area (Å²) in [5, 5.41) is 5.64. The van der Waals surface area contributed by atoms with Gasteiger partial charge in [-0.2, -0.15) is 0 Å². The van der Waals surface area contributed by atoms with Crippen LogP contribution in [0.2, 0.25) is 0 Å². The van der Waals surface area contributed by atoms with Crippen LogP contribution in [-0.4, -0.2) is 34.4 Å². The zero-order valence-corrected chi connectivity index (χ0v) is 19.8. The van der Waals surface area contributed by atoms with E-state index in [1.165, 1.54) is 57.7 Å². The molecule has 3 aromatic carbocycles. The van der Waals surface area contributed by atoms with Crippen LogP contribution in [-0.2, 0) is 10.0 Å². The van der Waals surface area contributed by atoms with E-state index in [1.807, 2.05) is 0 Å². The Morgan fingerprint density at radius 2 is 1.51 bits per heavy atom. The molecule has 0 radical (unpaired) electrons. The number of carbonyl (C=O) groups is 2. The van der Waals surface area contributed by atoms with Crippen LogP contribution in [0.4, 0.5) is 0 Å². The summed E-state index contributed by atoms with van der Waals surface area (Å²) in [6, 6.07) is 13.5. The molecule has 1 aromatic heterocycles. The van der Waals surface area contributed by atoms with Gasteiger partial charge in [0.2, 0.25) is 10.0 Å². The van der Waals surface area contributed by atoms with Crippen molar-refractivity contribution in [3.63, 3.8) is 0 Å². The Morgan fingerprint density at radius 1 is 0.886 bits per heavy atom. The van der Waals surface area contributed by atoms with Crippen molar-refractivity contribution in [2.75, 3.05) is 14.2 Å². The summed E-state index contributed by atoms with van der Waals surface area (Å²) in [6.07, 6.45) is 1.39. The predicted molar refractivity (Wildman–Crippen MR) is 128 cm³/mol. The quantitative estimate of drug-likeness (QED) is 0.229. The summed E-state index contributed by atoms with van der Waals surface area (Å²) < 4.78 is 45.9. The fourth-order valence-corrected chi connectivity index (χ4v) is 4.12. The minimum absolute atomic E-state index is 0.0762. The van der Waals surface area contributed by atoms with E-state index >= 15 is 0 Å². The minimum atomic E-state index is -4.16. The number of methoxy groups -OCH3 is 2. The number of nitrogens with two attached hydrogens (primary N) is 1. The molecule has 0 aliphatic carbocycles. The van der Waals surface area contributed by atoms with E-state index < -0.39 is 16.0 Å². The Hall–Kier alpha value is -4.15. The van der Waals surface area contributed by atoms with Crippen molar-refractivity contribution in [3.05, 3.63) is 72.0 Å². The van der Waals surface area contributed by atoms with Gasteiger partial charge in [0, 0.05) is 28.6 Å². The van der Waals surface area contributed by atoms with E-state index in [-0.39, 0.29) is 27.6 Å². The number of rotatable bonds is 7. The Balaban J connectivity index is 1.88. The second kappa shape index (κ2) is 9.24. The first-order chi connectivity index (χ1) is 16.6. The maximum atomic E-state index is 13.2. The third kappa shape index (κ3) is 4.88. The molecule has 1 heterocycles. The molecule has 35 heavy (non-hydrogen) atoms. The number of carbonyl (C=O) groups excluding carboxylic acids is 2. The molecule has 0 bridgehead atoms. The third-order valence-electron chi connectivity index (χ3n) is 5.33. The van der Waals surface area contributed by atoms with Gasteiger partial charge in [0.15, 0.2) is 5.78 Å². The number of ether oxygens (including phenoxy) is 3. The van der Waals surface area contributed by atoms with Gasteiger partial charge >= 0.3 is 5.97 Å². The maximum absolute atomic E-state index is 13.2. The van der Waals surface area contributed by atoms with Crippen LogP contribution in [0.5, 0.6) is 17.2 Å². The van der Waals surface area contributed by atoms with Gasteiger partial charge in [-0.15, -0.1) is 0 Å². The Bertz CT molecular complexity index is 1530. The topological polar surface area (TPSA) is 135 Å². The van der Waals surface area contributed by atoms with Gasteiger partial charge in [-0.1, -0.05) is 0 Å². The van der Waals surface area contributed by atoms with Crippen LogP contribution < -0.4 is 19.3 Å². The fourth-order valence-electron chi connectivity index (χ4n) is 3.56. The average Bonchev–Trinajstić information content (AvgIpc) is 3.27. The molecule has 0 saturated heterocycles. The molecule has 0 saturated carbocycles. The summed E-state index contributed by atoms with van der Waals surface area (Å²) in [7, 11) is -1.15. The van der Waals surface area contributed by atoms with Crippen molar-refractivity contribution in [2.45, 2.75) is 11.8 Å². The molecule has 0 unspecified atom stereocenters. The predicted octanol–water partition coefficient (Wildman–Crippen LogP) is 4.19. The summed E-state index contributed by atoms with van der Waals surface area (Å²) >= 11 is 0. The highest BCUT2D eigenvalue weighted by molar-refractivity contribution is 7.89. The highest BCUT2D eigenvalue weighted by Crippen LogP contribution is 2.38. The Kier molecular flexibility index (Phi) is 6.33. The normalized spacial score (nSPS) is 11.3. The molecular formula is C25H21NO8S. The zero-order valence-electron chi connectivity index (χ0n) is 19.0. The lowest BCUT2D eigenvalue weighted by atomic mass is 10.00. The van der Waals surface area contributed by atoms with E-state index in [9.17, 15) is 18.0 Å². The number of hydrogen-bond donors (Lipinski definition) is 1. The van der Waals surface area contributed by atoms with Crippen molar-refractivity contribution in [1.82, 2.24) is 0 Å². The number of sulfonamides is 1. The standard InChI is InChI=1S/C25H21NO8S/c1-14(27)15-4-6-17(7-5-15)34-25(28)21-11-20(35(26,29)30)12-23-24(21)22(13-33-23)16-8-18(31-2)10-19(9-16)32-3/h4-13H,1-3H3,(H2,26,29,30). The molecule has 2 N–H and O–H groups in total. The molecule has 0 spiro atoms. The van der Waals surface area contributed by atoms with Crippen LogP contribution in [0.1, 0.15) is 27.6 Å². The number of benzene rings is 3. The first-order valence-electron chi connectivity index (χ1n) is 10.3. The van der Waals surface area contributed by atoms with Gasteiger partial charge in [-0.05, 0) is 55.0 Å². The number of fused-ring (bicyclic) bond motifs is 1. The molecular weight excluding hydrogens is 474 g/mol. The van der Waals surface area contributed by atoms with Crippen molar-refractivity contribution in [2.24, 2.45) is 5.14 Å². The molecule has 4 rings (SSSR count). The minimum Gasteiger partial charge on any atom is -0.497 e. The summed E-state index contributed by atoms with van der Waals surface area (Å²) in [5.41, 5.74) is 1.58. The van der Waals surface area contributed by atoms with Crippen LogP contribution in [0.25, 0.3) is 22.1 Å². The molecule has 0 fully saturated rings. The molecule has 180 valence electrons. The average molecular weight is 496 g/mol. The van der Waals surface area contributed by atoms with E-state index in [0.717, 1.165) is 6.07 Å². The SMILES string of the molecule is COc1cc(OC)cc(-c2coc3cc(S(N)(=O)=O)cc(C(=O)Oc4ccc(C(C)=O)cc4)c23)c1. The van der Waals surface area contributed by atoms with E-state index in [1.54, 1.807) is 18.2 Å². The molecule has 0 aliphatic rings. The van der Waals surface area contributed by atoms with Crippen LogP contribution in [0.15, 0.2) is 70.2 Å². The number of Topliss-reactive ketones (excluding diaryl/α,β-unsaturated/α-hetero) is 1. The van der Waals surface area contributed by atoms with Crippen molar-refractivity contribution in [1.29, 1.82) is 0 Å². The molecule has 0 aliphatic heterocycles. The van der Waals surface area contributed by atoms with E-state index in [2.05, 4.69) is 0 Å². The lowest BCUT2D eigenvalue weighted by molar-refractivity contribution is 0.0736. The monoisotopic (exact) mass is 495 g/mol. The Morgan fingerprint density at radius 3 is 2.06 bits per heavy atom. The van der Waals surface area contributed by atoms with Gasteiger partial charge < -0.3 is 18.6 Å². The highest BCUT2D eigenvalue weighted by Gasteiger charge is 2.24. The smallest absolute Gasteiger partial charge is 0.344 e. The lowest BCUT2D eigenvalue weighted by Gasteiger charge is -2.10. The lowest BCUT2D eigenvalue weighted by Crippen LogP contribution is -2.15. The summed E-state index contributed by atoms with van der Waals surface area (Å²) in [4.78, 5) is 24.4. The van der Waals surface area contributed by atoms with Gasteiger partial charge in [0.25, 0.3) is 0 Å². The van der Waals surface area contributed by atoms with Crippen LogP contribution >= 0.6 is 0 Å². The van der Waals surface area contributed by atoms with Gasteiger partial charge in [-0.3, -0.25) is 4.79 Å². The molecule has 9 nitrogen and oxygen atoms in total. The summed E-state index contributed by atoms with van der Waals surface area (Å²) in [5.74, 6) is 0.201. The van der Waals surface area contributed by atoms with Gasteiger partial charge in [0.05, 0.1) is 30.9 Å². The summed E-state index contributed by atoms with van der Waals surface area (Å²) in [6.45, 7) is 1.42. The first kappa shape index (κ1) is 24.0. The van der Waals surface area contributed by atoms with Gasteiger partial charge in [-0.25, -0.2) is 18.4 Å². The Labute approximate surface area is 201 Å². The second-order valence-corrected chi connectivity index (χ2v) is 9.17. The van der Waals surface area contributed by atoms with Gasteiger partial charge in [0.1, 0.15) is 22.8 Å². The number of primary sulfonamides is 1. The van der Waals surface area contributed by atoms with Crippen molar-refractivity contribution in [3.8, 4) is 28.4 Å². The number of ketones is 1. The molecule has 0 amide bonds. The van der Waals surface area contributed by atoms with Crippen LogP contribution in [0, 0.1) is 0 Å². The van der Waals surface area contributed by atoms with Crippen molar-refractivity contribution < 1.29 is 36.6 Å². The third-order valence-corrected chi connectivity index (χ3v) is 6.22. The van der Waals surface area contributed by atoms with E-state index in [4.69, 9.17) is 23.8 Å². The highest BCUT2D eigenvalue weighted by atomic mass is 32.2. The number of hydrogen-bond acceptors (Lipinski definition) is 8. The molecule has 4 aromatic rings. The van der Waals surface area contributed by atoms with E-state index in [0.29, 0.717) is 33.6 Å². The van der Waals surface area contributed by atoms with Crippen LogP contribution in [0.3, 0.4) is 0 Å². The first-order valence-corrected chi connectivity index (χ1v) is 11.8. The maximum Gasteiger partial charge on any atom is 0.344 e. The van der Waals surface area contributed by atoms with Crippen molar-refractivity contribution >= 4 is 32.7 Å². The molecule has 10 heteroatoms. The fraction of sp³-hybridized carbons (Fsp3) is 0.120. The number of esters is 1.